The van der Waals surface area contributed by atoms with Crippen molar-refractivity contribution in [2.24, 2.45) is 0 Å². The summed E-state index contributed by atoms with van der Waals surface area (Å²) in [5.41, 5.74) is 15.9. The van der Waals surface area contributed by atoms with Crippen LogP contribution >= 0.6 is 0 Å². The smallest absolute Gasteiger partial charge is 0.0159 e. The zero-order valence-electron chi connectivity index (χ0n) is 29.0. The lowest BCUT2D eigenvalue weighted by molar-refractivity contribution is 0.660. The van der Waals surface area contributed by atoms with Gasteiger partial charge in [-0.25, -0.2) is 0 Å². The van der Waals surface area contributed by atoms with Gasteiger partial charge in [0.15, 0.2) is 0 Å². The minimum atomic E-state index is -0.134. The molecule has 0 fully saturated rings. The Morgan fingerprint density at radius 3 is 1.78 bits per heavy atom. The molecule has 0 heteroatoms. The Bertz CT molecular complexity index is 2740. The van der Waals surface area contributed by atoms with E-state index in [1.807, 2.05) is 0 Å². The minimum absolute atomic E-state index is 0.0322. The van der Waals surface area contributed by atoms with Gasteiger partial charge in [0.25, 0.3) is 0 Å². The van der Waals surface area contributed by atoms with Crippen molar-refractivity contribution in [3.8, 4) is 33.4 Å². The monoisotopic (exact) mass is 638 g/mol. The van der Waals surface area contributed by atoms with Gasteiger partial charge in [-0.05, 0) is 117 Å². The molecule has 0 saturated heterocycles. The molecule has 8 aromatic carbocycles. The van der Waals surface area contributed by atoms with Gasteiger partial charge >= 0.3 is 0 Å². The molecule has 10 rings (SSSR count). The first-order valence-electron chi connectivity index (χ1n) is 17.9. The van der Waals surface area contributed by atoms with Crippen LogP contribution < -0.4 is 0 Å². The van der Waals surface area contributed by atoms with Gasteiger partial charge in [0, 0.05) is 10.8 Å². The van der Waals surface area contributed by atoms with Crippen LogP contribution in [0.4, 0.5) is 0 Å². The van der Waals surface area contributed by atoms with Crippen molar-refractivity contribution in [3.05, 3.63) is 179 Å². The molecule has 2 aliphatic carbocycles. The third-order valence-electron chi connectivity index (χ3n) is 11.9. The highest BCUT2D eigenvalue weighted by molar-refractivity contribution is 6.22. The Hall–Kier alpha value is -5.72. The summed E-state index contributed by atoms with van der Waals surface area (Å²) in [7, 11) is 0. The number of rotatable bonds is 3. The normalized spacial score (nSPS) is 15.2. The van der Waals surface area contributed by atoms with Gasteiger partial charge in [-0.3, -0.25) is 0 Å². The molecule has 0 saturated carbocycles. The summed E-state index contributed by atoms with van der Waals surface area (Å²) in [5, 5.41) is 7.74. The second-order valence-electron chi connectivity index (χ2n) is 15.3. The SMILES string of the molecule is CC1(C)C(c2c3ccccc3c(-c3ccc4c(c3)-c3ccccc3C4(C)C)c3cc(-c4cccc5ccccc45)ccc23)=Cc2ccccc21. The lowest BCUT2D eigenvalue weighted by Gasteiger charge is -2.28. The Kier molecular flexibility index (Phi) is 6.07. The number of fused-ring (bicyclic) bond motifs is 7. The van der Waals surface area contributed by atoms with E-state index in [4.69, 9.17) is 0 Å². The molecule has 0 aromatic heterocycles. The van der Waals surface area contributed by atoms with Gasteiger partial charge in [-0.1, -0.05) is 167 Å². The lowest BCUT2D eigenvalue weighted by Crippen LogP contribution is -2.16. The maximum absolute atomic E-state index is 2.48. The van der Waals surface area contributed by atoms with Crippen LogP contribution in [-0.2, 0) is 10.8 Å². The van der Waals surface area contributed by atoms with Crippen molar-refractivity contribution in [1.82, 2.24) is 0 Å². The Balaban J connectivity index is 1.32. The molecule has 238 valence electrons. The molecule has 0 unspecified atom stereocenters. The Morgan fingerprint density at radius 1 is 0.360 bits per heavy atom. The first-order chi connectivity index (χ1) is 24.3. The molecule has 0 atom stereocenters. The maximum Gasteiger partial charge on any atom is 0.0159 e. The fourth-order valence-corrected chi connectivity index (χ4v) is 9.36. The van der Waals surface area contributed by atoms with Crippen molar-refractivity contribution < 1.29 is 0 Å². The molecule has 0 amide bonds. The second-order valence-corrected chi connectivity index (χ2v) is 15.3. The molecule has 0 N–H and O–H groups in total. The first kappa shape index (κ1) is 29.2. The molecule has 0 spiro atoms. The summed E-state index contributed by atoms with van der Waals surface area (Å²) in [6.45, 7) is 9.51. The highest BCUT2D eigenvalue weighted by Crippen LogP contribution is 2.54. The average Bonchev–Trinajstić information content (AvgIpc) is 3.55. The number of benzene rings is 8. The molecular weight excluding hydrogens is 601 g/mol. The number of allylic oxidation sites excluding steroid dienone is 1. The largest absolute Gasteiger partial charge is 0.0619 e. The Labute approximate surface area is 294 Å². The van der Waals surface area contributed by atoms with Crippen molar-refractivity contribution in [2.75, 3.05) is 0 Å². The molecule has 0 nitrogen and oxygen atoms in total. The first-order valence-corrected chi connectivity index (χ1v) is 17.9. The van der Waals surface area contributed by atoms with Gasteiger partial charge < -0.3 is 0 Å². The quantitative estimate of drug-likeness (QED) is 0.169. The van der Waals surface area contributed by atoms with E-state index in [1.54, 1.807) is 0 Å². The Morgan fingerprint density at radius 2 is 0.960 bits per heavy atom. The van der Waals surface area contributed by atoms with Crippen molar-refractivity contribution in [1.29, 1.82) is 0 Å². The van der Waals surface area contributed by atoms with Crippen molar-refractivity contribution >= 4 is 44.0 Å². The van der Waals surface area contributed by atoms with Gasteiger partial charge in [0.1, 0.15) is 0 Å². The highest BCUT2D eigenvalue weighted by Gasteiger charge is 2.37. The van der Waals surface area contributed by atoms with Crippen LogP contribution in [0, 0.1) is 0 Å². The van der Waals surface area contributed by atoms with E-state index in [-0.39, 0.29) is 10.8 Å². The molecule has 2 aliphatic rings. The van der Waals surface area contributed by atoms with Gasteiger partial charge in [0.2, 0.25) is 0 Å². The summed E-state index contributed by atoms with van der Waals surface area (Å²) in [6, 6.07) is 56.9. The predicted molar refractivity (Wildman–Crippen MR) is 215 cm³/mol. The zero-order chi connectivity index (χ0) is 33.8. The lowest BCUT2D eigenvalue weighted by atomic mass is 9.75. The van der Waals surface area contributed by atoms with Gasteiger partial charge in [-0.2, -0.15) is 0 Å². The highest BCUT2D eigenvalue weighted by atomic mass is 14.4. The zero-order valence-corrected chi connectivity index (χ0v) is 29.0. The molecule has 0 radical (unpaired) electrons. The number of hydrogen-bond acceptors (Lipinski definition) is 0. The van der Waals surface area contributed by atoms with Crippen LogP contribution in [0.5, 0.6) is 0 Å². The van der Waals surface area contributed by atoms with Crippen LogP contribution in [0.15, 0.2) is 152 Å². The molecule has 0 heterocycles. The van der Waals surface area contributed by atoms with E-state index < -0.39 is 0 Å². The number of hydrogen-bond donors (Lipinski definition) is 0. The molecule has 0 aliphatic heterocycles. The van der Waals surface area contributed by atoms with E-state index in [9.17, 15) is 0 Å². The van der Waals surface area contributed by atoms with Gasteiger partial charge in [0.05, 0.1) is 0 Å². The van der Waals surface area contributed by atoms with E-state index in [0.29, 0.717) is 0 Å². The van der Waals surface area contributed by atoms with Crippen LogP contribution in [0.2, 0.25) is 0 Å². The van der Waals surface area contributed by atoms with Crippen LogP contribution in [0.3, 0.4) is 0 Å². The predicted octanol–water partition coefficient (Wildman–Crippen LogP) is 13.6. The summed E-state index contributed by atoms with van der Waals surface area (Å²) in [5.74, 6) is 0. The minimum Gasteiger partial charge on any atom is -0.0619 e. The fraction of sp³-hybridized carbons (Fsp3) is 0.120. The van der Waals surface area contributed by atoms with Crippen molar-refractivity contribution in [3.63, 3.8) is 0 Å². The third kappa shape index (κ3) is 4.00. The molecule has 50 heavy (non-hydrogen) atoms. The topological polar surface area (TPSA) is 0 Å². The van der Waals surface area contributed by atoms with E-state index in [1.165, 1.54) is 99.1 Å². The summed E-state index contributed by atoms with van der Waals surface area (Å²) >= 11 is 0. The van der Waals surface area contributed by atoms with Crippen LogP contribution in [0.25, 0.3) is 77.3 Å². The fourth-order valence-electron chi connectivity index (χ4n) is 9.36. The molecular formula is C50H38. The van der Waals surface area contributed by atoms with Crippen LogP contribution in [0.1, 0.15) is 55.5 Å². The van der Waals surface area contributed by atoms with Crippen LogP contribution in [-0.4, -0.2) is 0 Å². The van der Waals surface area contributed by atoms with E-state index in [2.05, 4.69) is 185 Å². The summed E-state index contributed by atoms with van der Waals surface area (Å²) < 4.78 is 0. The van der Waals surface area contributed by atoms with E-state index in [0.717, 1.165) is 0 Å². The molecule has 8 aromatic rings. The van der Waals surface area contributed by atoms with Gasteiger partial charge in [-0.15, -0.1) is 0 Å². The summed E-state index contributed by atoms with van der Waals surface area (Å²) in [6.07, 6.45) is 2.45. The average molecular weight is 639 g/mol. The molecule has 0 bridgehead atoms. The summed E-state index contributed by atoms with van der Waals surface area (Å²) in [4.78, 5) is 0. The standard InChI is InChI=1S/C50H38/c1-49(2)43-22-11-6-15-33(43)30-46(49)48-39-20-9-8-19-38(39)47(34-25-27-45-41(29-34)37-18-10-12-23-44(37)50(45,3)4)42-28-32(24-26-40(42)48)36-21-13-16-31-14-5-7-17-35(31)36/h5-30H,1-4H3. The van der Waals surface area contributed by atoms with Crippen molar-refractivity contribution in [2.45, 2.75) is 38.5 Å². The third-order valence-corrected chi connectivity index (χ3v) is 11.9. The van der Waals surface area contributed by atoms with E-state index >= 15 is 0 Å². The maximum atomic E-state index is 2.48. The second kappa shape index (κ2) is 10.4.